The minimum absolute atomic E-state index is 0.0683. The molecule has 31 heavy (non-hydrogen) atoms. The van der Waals surface area contributed by atoms with Crippen molar-refractivity contribution in [1.82, 2.24) is 9.80 Å². The predicted octanol–water partition coefficient (Wildman–Crippen LogP) is 2.69. The van der Waals surface area contributed by atoms with E-state index in [1.54, 1.807) is 7.11 Å². The molecule has 8 atom stereocenters. The third-order valence-electron chi connectivity index (χ3n) is 8.42. The number of epoxide rings is 2. The first kappa shape index (κ1) is 21.7. The Hall–Kier alpha value is -1.15. The number of rotatable bonds is 5. The van der Waals surface area contributed by atoms with Crippen molar-refractivity contribution in [2.24, 2.45) is 17.8 Å². The fourth-order valence-electron chi connectivity index (χ4n) is 6.65. The summed E-state index contributed by atoms with van der Waals surface area (Å²) in [7, 11) is 3.89. The van der Waals surface area contributed by atoms with Gasteiger partial charge in [0.1, 0.15) is 23.4 Å². The van der Waals surface area contributed by atoms with Crippen molar-refractivity contribution < 1.29 is 23.7 Å². The summed E-state index contributed by atoms with van der Waals surface area (Å²) in [5.74, 6) is 1.22. The van der Waals surface area contributed by atoms with Gasteiger partial charge in [0.2, 0.25) is 0 Å². The summed E-state index contributed by atoms with van der Waals surface area (Å²) in [5.41, 5.74) is 0.812. The summed E-state index contributed by atoms with van der Waals surface area (Å²) in [6, 6.07) is 0. The summed E-state index contributed by atoms with van der Waals surface area (Å²) in [6.45, 7) is 10.9. The Labute approximate surface area is 186 Å². The maximum atomic E-state index is 13.0. The molecule has 5 rings (SSSR count). The molecule has 0 N–H and O–H groups in total. The molecule has 1 saturated carbocycles. The summed E-state index contributed by atoms with van der Waals surface area (Å²) in [4.78, 5) is 17.3. The van der Waals surface area contributed by atoms with E-state index in [1.165, 1.54) is 5.57 Å². The van der Waals surface area contributed by atoms with Gasteiger partial charge >= 0.3 is 6.09 Å². The van der Waals surface area contributed by atoms with Crippen LogP contribution in [-0.2, 0) is 18.9 Å². The quantitative estimate of drug-likeness (QED) is 0.490. The van der Waals surface area contributed by atoms with E-state index < -0.39 is 0 Å². The number of hydrogen-bond acceptors (Lipinski definition) is 6. The lowest BCUT2D eigenvalue weighted by molar-refractivity contribution is -0.121. The van der Waals surface area contributed by atoms with Crippen LogP contribution in [0, 0.1) is 17.8 Å². The largest absolute Gasteiger partial charge is 0.443 e. The van der Waals surface area contributed by atoms with Crippen LogP contribution in [0.2, 0.25) is 0 Å². The van der Waals surface area contributed by atoms with E-state index in [2.05, 4.69) is 38.8 Å². The zero-order valence-corrected chi connectivity index (χ0v) is 19.6. The lowest BCUT2D eigenvalue weighted by atomic mass is 9.68. The maximum absolute atomic E-state index is 13.0. The number of carbonyl (C=O) groups is 1. The summed E-state index contributed by atoms with van der Waals surface area (Å²) >= 11 is 0. The number of hydrogen-bond donors (Lipinski definition) is 0. The van der Waals surface area contributed by atoms with E-state index in [1.807, 2.05) is 4.90 Å². The van der Waals surface area contributed by atoms with E-state index in [9.17, 15) is 4.79 Å². The maximum Gasteiger partial charge on any atom is 0.410 e. The van der Waals surface area contributed by atoms with Crippen LogP contribution >= 0.6 is 0 Å². The molecule has 4 saturated heterocycles. The molecular weight excluding hydrogens is 396 g/mol. The second-order valence-electron chi connectivity index (χ2n) is 10.9. The molecular formula is C24H38N2O5. The van der Waals surface area contributed by atoms with Crippen molar-refractivity contribution >= 4 is 6.09 Å². The molecule has 7 heteroatoms. The second-order valence-corrected chi connectivity index (χ2v) is 10.9. The van der Waals surface area contributed by atoms with Crippen molar-refractivity contribution in [3.63, 3.8) is 0 Å². The first-order chi connectivity index (χ1) is 14.8. The smallest absolute Gasteiger partial charge is 0.410 e. The van der Waals surface area contributed by atoms with E-state index in [4.69, 9.17) is 18.9 Å². The summed E-state index contributed by atoms with van der Waals surface area (Å²) in [6.07, 6.45) is 4.31. The van der Waals surface area contributed by atoms with Gasteiger partial charge in [-0.1, -0.05) is 11.6 Å². The zero-order valence-electron chi connectivity index (χ0n) is 19.6. The van der Waals surface area contributed by atoms with Crippen molar-refractivity contribution in [3.8, 4) is 0 Å². The topological polar surface area (TPSA) is 67.1 Å². The molecule has 0 radical (unpaired) electrons. The third-order valence-corrected chi connectivity index (χ3v) is 8.42. The number of ether oxygens (including phenoxy) is 4. The van der Waals surface area contributed by atoms with Gasteiger partial charge in [-0.25, -0.2) is 4.79 Å². The second kappa shape index (κ2) is 7.72. The summed E-state index contributed by atoms with van der Waals surface area (Å²) in [5, 5.41) is 0. The van der Waals surface area contributed by atoms with Crippen molar-refractivity contribution in [3.05, 3.63) is 11.6 Å². The third kappa shape index (κ3) is 3.81. The number of methoxy groups -OCH3 is 1. The molecule has 4 heterocycles. The van der Waals surface area contributed by atoms with Crippen LogP contribution in [0.1, 0.15) is 40.0 Å². The molecule has 0 aromatic rings. The highest BCUT2D eigenvalue weighted by molar-refractivity contribution is 5.68. The van der Waals surface area contributed by atoms with E-state index >= 15 is 0 Å². The molecule has 174 valence electrons. The Morgan fingerprint density at radius 1 is 1.19 bits per heavy atom. The normalized spacial score (nSPS) is 46.2. The SMILES string of the molecule is CO[C@H]1C([C@@]2(C)O[C@@H]2CC=C(C)C)[C@]2(CC[C@H]1OC(=O)N1CC3CN(C)CC3C1)CO2. The molecule has 5 aliphatic rings. The minimum Gasteiger partial charge on any atom is -0.443 e. The van der Waals surface area contributed by atoms with E-state index in [0.29, 0.717) is 11.8 Å². The van der Waals surface area contributed by atoms with Crippen molar-refractivity contribution in [1.29, 1.82) is 0 Å². The van der Waals surface area contributed by atoms with Gasteiger partial charge < -0.3 is 28.7 Å². The molecule has 7 nitrogen and oxygen atoms in total. The Morgan fingerprint density at radius 3 is 2.45 bits per heavy atom. The number of nitrogens with zero attached hydrogens (tertiary/aromatic N) is 2. The average Bonchev–Trinajstić information content (AvgIpc) is 3.53. The molecule has 0 aromatic carbocycles. The van der Waals surface area contributed by atoms with Gasteiger partial charge in [0.25, 0.3) is 0 Å². The van der Waals surface area contributed by atoms with Gasteiger partial charge in [0.05, 0.1) is 18.6 Å². The number of allylic oxidation sites excluding steroid dienone is 1. The van der Waals surface area contributed by atoms with E-state index in [0.717, 1.165) is 52.0 Å². The Balaban J connectivity index is 1.26. The average molecular weight is 435 g/mol. The zero-order chi connectivity index (χ0) is 22.0. The van der Waals surface area contributed by atoms with E-state index in [-0.39, 0.29) is 41.5 Å². The van der Waals surface area contributed by atoms with Gasteiger partial charge in [0, 0.05) is 33.3 Å². The number of fused-ring (bicyclic) bond motifs is 1. The highest BCUT2D eigenvalue weighted by Gasteiger charge is 2.72. The van der Waals surface area contributed by atoms with Crippen LogP contribution < -0.4 is 0 Å². The molecule has 1 spiro atoms. The standard InChI is InChI=1S/C24H38N2O5/c1-15(2)6-7-19-23(3,31-19)21-20(28-5)18(8-9-24(21)14-29-24)30-22(27)26-12-16-10-25(4)11-17(16)13-26/h6,16-21H,7-14H2,1-5H3/t16?,17?,18-,19-,20-,21?,23+,24+/m1/s1. The monoisotopic (exact) mass is 434 g/mol. The van der Waals surface area contributed by atoms with Crippen molar-refractivity contribution in [2.75, 3.05) is 46.9 Å². The van der Waals surface area contributed by atoms with Gasteiger partial charge in [-0.05, 0) is 58.9 Å². The van der Waals surface area contributed by atoms with Crippen LogP contribution in [0.15, 0.2) is 11.6 Å². The van der Waals surface area contributed by atoms with Gasteiger partial charge in [0.15, 0.2) is 0 Å². The van der Waals surface area contributed by atoms with Crippen LogP contribution in [0.3, 0.4) is 0 Å². The van der Waals surface area contributed by atoms with Crippen LogP contribution in [0.4, 0.5) is 4.79 Å². The fourth-order valence-corrected chi connectivity index (χ4v) is 6.65. The summed E-state index contributed by atoms with van der Waals surface area (Å²) < 4.78 is 24.4. The molecule has 1 amide bonds. The van der Waals surface area contributed by atoms with Crippen LogP contribution in [-0.4, -0.2) is 92.4 Å². The molecule has 0 aromatic heterocycles. The number of amides is 1. The number of likely N-dealkylation sites (tertiary alicyclic amines) is 2. The predicted molar refractivity (Wildman–Crippen MR) is 116 cm³/mol. The van der Waals surface area contributed by atoms with Gasteiger partial charge in [-0.3, -0.25) is 0 Å². The number of carbonyl (C=O) groups excluding carboxylic acids is 1. The molecule has 0 bridgehead atoms. The first-order valence-corrected chi connectivity index (χ1v) is 11.9. The lowest BCUT2D eigenvalue weighted by Gasteiger charge is -2.43. The van der Waals surface area contributed by atoms with Gasteiger partial charge in [-0.2, -0.15) is 0 Å². The fraction of sp³-hybridized carbons (Fsp3) is 0.875. The molecule has 3 unspecified atom stereocenters. The molecule has 1 aliphatic carbocycles. The molecule has 4 aliphatic heterocycles. The highest BCUT2D eigenvalue weighted by atomic mass is 16.6. The molecule has 5 fully saturated rings. The Morgan fingerprint density at radius 2 is 1.87 bits per heavy atom. The lowest BCUT2D eigenvalue weighted by Crippen LogP contribution is -2.56. The van der Waals surface area contributed by atoms with Crippen LogP contribution in [0.25, 0.3) is 0 Å². The van der Waals surface area contributed by atoms with Crippen molar-refractivity contribution in [2.45, 2.75) is 69.5 Å². The minimum atomic E-state index is -0.302. The Kier molecular flexibility index (Phi) is 5.40. The van der Waals surface area contributed by atoms with Gasteiger partial charge in [-0.15, -0.1) is 0 Å². The highest BCUT2D eigenvalue weighted by Crippen LogP contribution is 2.59. The first-order valence-electron chi connectivity index (χ1n) is 11.9. The Bertz CT molecular complexity index is 734. The van der Waals surface area contributed by atoms with Crippen LogP contribution in [0.5, 0.6) is 0 Å².